The number of benzene rings is 2. The van der Waals surface area contributed by atoms with Crippen LogP contribution in [0.3, 0.4) is 0 Å². The maximum absolute atomic E-state index is 12.1. The molecular weight excluding hydrogens is 396 g/mol. The smallest absolute Gasteiger partial charge is 0.244 e. The van der Waals surface area contributed by atoms with Gasteiger partial charge in [0.25, 0.3) is 0 Å². The quantitative estimate of drug-likeness (QED) is 0.514. The number of hydrogen-bond donors (Lipinski definition) is 2. The summed E-state index contributed by atoms with van der Waals surface area (Å²) in [5, 5.41) is 7.89. The molecule has 1 saturated carbocycles. The van der Waals surface area contributed by atoms with Crippen molar-refractivity contribution in [1.29, 1.82) is 0 Å². The molecule has 0 bridgehead atoms. The van der Waals surface area contributed by atoms with Crippen LogP contribution in [0.5, 0.6) is 0 Å². The van der Waals surface area contributed by atoms with Crippen LogP contribution in [0.2, 0.25) is 0 Å². The predicted molar refractivity (Wildman–Crippen MR) is 134 cm³/mol. The van der Waals surface area contributed by atoms with E-state index < -0.39 is 0 Å². The van der Waals surface area contributed by atoms with Gasteiger partial charge in [0.15, 0.2) is 0 Å². The van der Waals surface area contributed by atoms with Crippen molar-refractivity contribution in [2.24, 2.45) is 5.92 Å². The van der Waals surface area contributed by atoms with Crippen molar-refractivity contribution in [2.45, 2.75) is 31.7 Å². The van der Waals surface area contributed by atoms with E-state index in [0.29, 0.717) is 12.0 Å². The van der Waals surface area contributed by atoms with Gasteiger partial charge in [0.2, 0.25) is 5.91 Å². The molecule has 166 valence electrons. The highest BCUT2D eigenvalue weighted by atomic mass is 16.1. The second kappa shape index (κ2) is 10.3. The van der Waals surface area contributed by atoms with Gasteiger partial charge in [-0.25, -0.2) is 4.98 Å². The molecule has 4 rings (SSSR count). The van der Waals surface area contributed by atoms with Gasteiger partial charge in [-0.3, -0.25) is 4.79 Å². The van der Waals surface area contributed by atoms with Gasteiger partial charge >= 0.3 is 0 Å². The van der Waals surface area contributed by atoms with Gasteiger partial charge in [-0.15, -0.1) is 0 Å². The lowest BCUT2D eigenvalue weighted by Crippen LogP contribution is -2.33. The molecule has 0 unspecified atom stereocenters. The summed E-state index contributed by atoms with van der Waals surface area (Å²) in [6.07, 6.45) is 7.87. The molecule has 1 amide bonds. The number of anilines is 2. The third kappa shape index (κ3) is 5.67. The van der Waals surface area contributed by atoms with Crippen molar-refractivity contribution >= 4 is 34.4 Å². The zero-order valence-corrected chi connectivity index (χ0v) is 18.9. The van der Waals surface area contributed by atoms with Crippen molar-refractivity contribution in [3.8, 4) is 0 Å². The van der Waals surface area contributed by atoms with Crippen LogP contribution in [0.25, 0.3) is 17.0 Å². The Morgan fingerprint density at radius 1 is 1.03 bits per heavy atom. The average Bonchev–Trinajstić information content (AvgIpc) is 2.82. The Labute approximate surface area is 190 Å². The van der Waals surface area contributed by atoms with Crippen LogP contribution in [0.15, 0.2) is 66.7 Å². The molecule has 1 aliphatic carbocycles. The summed E-state index contributed by atoms with van der Waals surface area (Å²) in [5.41, 5.74) is 3.23. The predicted octanol–water partition coefficient (Wildman–Crippen LogP) is 5.10. The zero-order valence-electron chi connectivity index (χ0n) is 18.9. The van der Waals surface area contributed by atoms with E-state index in [-0.39, 0.29) is 5.91 Å². The first-order valence-corrected chi connectivity index (χ1v) is 11.4. The highest BCUT2D eigenvalue weighted by Gasteiger charge is 2.22. The maximum atomic E-state index is 12.1. The highest BCUT2D eigenvalue weighted by molar-refractivity contribution is 5.93. The highest BCUT2D eigenvalue weighted by Crippen LogP contribution is 2.30. The molecular formula is C27H32N4O. The van der Waals surface area contributed by atoms with E-state index in [4.69, 9.17) is 4.98 Å². The Morgan fingerprint density at radius 2 is 1.75 bits per heavy atom. The number of aromatic nitrogens is 1. The van der Waals surface area contributed by atoms with E-state index in [2.05, 4.69) is 53.9 Å². The molecule has 0 radical (unpaired) electrons. The molecule has 32 heavy (non-hydrogen) atoms. The Balaban J connectivity index is 1.27. The number of nitrogens with one attached hydrogen (secondary N) is 2. The number of nitrogens with zero attached hydrogens (tertiary/aromatic N) is 2. The molecule has 2 N–H and O–H groups in total. The molecule has 0 aliphatic heterocycles. The number of carbonyl (C=O) groups is 1. The molecule has 1 fully saturated rings. The van der Waals surface area contributed by atoms with Gasteiger partial charge in [0.1, 0.15) is 5.82 Å². The van der Waals surface area contributed by atoms with Gasteiger partial charge in [-0.05, 0) is 49.3 Å². The van der Waals surface area contributed by atoms with Crippen LogP contribution < -0.4 is 15.5 Å². The van der Waals surface area contributed by atoms with Gasteiger partial charge in [0.05, 0.1) is 5.52 Å². The van der Waals surface area contributed by atoms with Gasteiger partial charge in [0, 0.05) is 49.9 Å². The van der Waals surface area contributed by atoms with Gasteiger partial charge in [-0.2, -0.15) is 0 Å². The molecule has 0 spiro atoms. The lowest BCUT2D eigenvalue weighted by molar-refractivity contribution is -0.116. The molecule has 1 heterocycles. The number of carbonyl (C=O) groups excluding carboxylic acids is 1. The molecule has 5 nitrogen and oxygen atoms in total. The zero-order chi connectivity index (χ0) is 22.3. The number of para-hydroxylation sites is 1. The number of amides is 1. The van der Waals surface area contributed by atoms with Crippen LogP contribution in [0.1, 0.15) is 31.2 Å². The van der Waals surface area contributed by atoms with Crippen molar-refractivity contribution < 1.29 is 4.79 Å². The summed E-state index contributed by atoms with van der Waals surface area (Å²) < 4.78 is 0. The van der Waals surface area contributed by atoms with Crippen molar-refractivity contribution in [3.63, 3.8) is 0 Å². The van der Waals surface area contributed by atoms with Crippen LogP contribution in [-0.4, -0.2) is 37.6 Å². The van der Waals surface area contributed by atoms with E-state index in [9.17, 15) is 4.79 Å². The molecule has 0 atom stereocenters. The Kier molecular flexibility index (Phi) is 7.05. The first-order valence-electron chi connectivity index (χ1n) is 11.4. The van der Waals surface area contributed by atoms with E-state index in [1.165, 1.54) is 11.1 Å². The summed E-state index contributed by atoms with van der Waals surface area (Å²) in [4.78, 5) is 19.1. The minimum Gasteiger partial charge on any atom is -0.377 e. The SMILES string of the molecule is CN(C)c1cc(NC2CCC(CNC(=O)/C=C/c3ccccc3)CC2)nc2ccccc12. The molecule has 3 aromatic rings. The molecule has 0 saturated heterocycles. The van der Waals surface area contributed by atoms with Gasteiger partial charge < -0.3 is 15.5 Å². The second-order valence-electron chi connectivity index (χ2n) is 8.79. The first-order chi connectivity index (χ1) is 15.6. The van der Waals surface area contributed by atoms with Crippen LogP contribution in [-0.2, 0) is 4.79 Å². The summed E-state index contributed by atoms with van der Waals surface area (Å²) in [6, 6.07) is 20.7. The van der Waals surface area contributed by atoms with Crippen LogP contribution >= 0.6 is 0 Å². The van der Waals surface area contributed by atoms with E-state index >= 15 is 0 Å². The monoisotopic (exact) mass is 428 g/mol. The standard InChI is InChI=1S/C27H32N4O/c1-31(2)25-18-26(30-24-11-7-6-10-23(24)25)29-22-15-12-21(13-16-22)19-28-27(32)17-14-20-8-4-3-5-9-20/h3-11,14,17-18,21-22H,12-13,15-16,19H2,1-2H3,(H,28,32)(H,29,30)/b17-14+. The summed E-state index contributed by atoms with van der Waals surface area (Å²) in [5.74, 6) is 1.45. The fraction of sp³-hybridized carbons (Fsp3) is 0.333. The molecule has 1 aliphatic rings. The number of hydrogen-bond acceptors (Lipinski definition) is 4. The third-order valence-corrected chi connectivity index (χ3v) is 6.17. The fourth-order valence-corrected chi connectivity index (χ4v) is 4.36. The Bertz CT molecular complexity index is 1070. The van der Waals surface area contributed by atoms with Gasteiger partial charge in [-0.1, -0.05) is 48.5 Å². The number of pyridine rings is 1. The Morgan fingerprint density at radius 3 is 2.50 bits per heavy atom. The van der Waals surface area contributed by atoms with Crippen molar-refractivity contribution in [1.82, 2.24) is 10.3 Å². The summed E-state index contributed by atoms with van der Waals surface area (Å²) in [7, 11) is 4.14. The summed E-state index contributed by atoms with van der Waals surface area (Å²) in [6.45, 7) is 0.740. The second-order valence-corrected chi connectivity index (χ2v) is 8.79. The van der Waals surface area contributed by atoms with E-state index in [1.807, 2.05) is 42.5 Å². The lowest BCUT2D eigenvalue weighted by atomic mass is 9.86. The lowest BCUT2D eigenvalue weighted by Gasteiger charge is -2.30. The van der Waals surface area contributed by atoms with Crippen molar-refractivity contribution in [3.05, 3.63) is 72.3 Å². The van der Waals surface area contributed by atoms with Crippen LogP contribution in [0, 0.1) is 5.92 Å². The molecule has 2 aromatic carbocycles. The Hall–Kier alpha value is -3.34. The molecule has 5 heteroatoms. The number of rotatable bonds is 7. The minimum absolute atomic E-state index is 0.0225. The normalized spacial score (nSPS) is 18.6. The largest absolute Gasteiger partial charge is 0.377 e. The number of fused-ring (bicyclic) bond motifs is 1. The van der Waals surface area contributed by atoms with Crippen LogP contribution in [0.4, 0.5) is 11.5 Å². The van der Waals surface area contributed by atoms with Crippen molar-refractivity contribution in [2.75, 3.05) is 30.9 Å². The minimum atomic E-state index is -0.0225. The molecule has 1 aromatic heterocycles. The topological polar surface area (TPSA) is 57.3 Å². The maximum Gasteiger partial charge on any atom is 0.244 e. The average molecular weight is 429 g/mol. The first kappa shape index (κ1) is 21.9. The third-order valence-electron chi connectivity index (χ3n) is 6.17. The van der Waals surface area contributed by atoms with E-state index in [1.54, 1.807) is 6.08 Å². The fourth-order valence-electron chi connectivity index (χ4n) is 4.36. The van der Waals surface area contributed by atoms with E-state index in [0.717, 1.165) is 49.1 Å². The summed E-state index contributed by atoms with van der Waals surface area (Å²) >= 11 is 0.